The molecule has 2 aromatic rings. The third-order valence-electron chi connectivity index (χ3n) is 2.49. The molecule has 2 rings (SSSR count). The lowest BCUT2D eigenvalue weighted by Crippen LogP contribution is -1.86. The number of allylic oxidation sites excluding steroid dienone is 1. The Balaban J connectivity index is 2.33. The third kappa shape index (κ3) is 2.74. The Morgan fingerprint density at radius 1 is 1.22 bits per heavy atom. The molecule has 0 atom stereocenters. The van der Waals surface area contributed by atoms with E-state index in [1.165, 1.54) is 0 Å². The van der Waals surface area contributed by atoms with Crippen molar-refractivity contribution in [3.05, 3.63) is 59.9 Å². The van der Waals surface area contributed by atoms with Gasteiger partial charge in [0.25, 0.3) is 0 Å². The number of ether oxygens (including phenoxy) is 1. The SMILES string of the molecule is COc1ccc(/C=C(\C#N)c2ccccn2)cc1. The molecule has 0 radical (unpaired) electrons. The van der Waals surface area contributed by atoms with E-state index >= 15 is 0 Å². The van der Waals surface area contributed by atoms with Crippen LogP contribution in [0.4, 0.5) is 0 Å². The standard InChI is InChI=1S/C15H12N2O/c1-18-14-7-5-12(6-8-14)10-13(11-16)15-4-2-3-9-17-15/h2-10H,1H3/b13-10+. The van der Waals surface area contributed by atoms with Crippen molar-refractivity contribution in [1.82, 2.24) is 4.98 Å². The lowest BCUT2D eigenvalue weighted by atomic mass is 10.1. The molecule has 18 heavy (non-hydrogen) atoms. The Hall–Kier alpha value is -2.60. The maximum Gasteiger partial charge on any atom is 0.118 e. The first-order valence-electron chi connectivity index (χ1n) is 5.51. The summed E-state index contributed by atoms with van der Waals surface area (Å²) < 4.78 is 5.09. The van der Waals surface area contributed by atoms with E-state index < -0.39 is 0 Å². The minimum absolute atomic E-state index is 0.542. The largest absolute Gasteiger partial charge is 0.497 e. The average molecular weight is 236 g/mol. The van der Waals surface area contributed by atoms with Crippen LogP contribution in [0.15, 0.2) is 48.7 Å². The van der Waals surface area contributed by atoms with Crippen LogP contribution in [0.5, 0.6) is 5.75 Å². The number of nitrogens with zero attached hydrogens (tertiary/aromatic N) is 2. The first kappa shape index (κ1) is 11.9. The van der Waals surface area contributed by atoms with Crippen LogP contribution in [0.2, 0.25) is 0 Å². The lowest BCUT2D eigenvalue weighted by molar-refractivity contribution is 0.415. The van der Waals surface area contributed by atoms with Crippen molar-refractivity contribution in [3.8, 4) is 11.8 Å². The van der Waals surface area contributed by atoms with E-state index in [0.29, 0.717) is 11.3 Å². The molecule has 3 heteroatoms. The highest BCUT2D eigenvalue weighted by Crippen LogP contribution is 2.17. The van der Waals surface area contributed by atoms with Crippen molar-refractivity contribution in [2.75, 3.05) is 7.11 Å². The summed E-state index contributed by atoms with van der Waals surface area (Å²) in [5.41, 5.74) is 2.16. The summed E-state index contributed by atoms with van der Waals surface area (Å²) in [6.45, 7) is 0. The number of nitriles is 1. The lowest BCUT2D eigenvalue weighted by Gasteiger charge is -2.01. The van der Waals surface area contributed by atoms with Gasteiger partial charge in [-0.05, 0) is 35.9 Å². The summed E-state index contributed by atoms with van der Waals surface area (Å²) in [4.78, 5) is 4.16. The second-order valence-electron chi connectivity index (χ2n) is 3.66. The van der Waals surface area contributed by atoms with Crippen molar-refractivity contribution < 1.29 is 4.74 Å². The second kappa shape index (κ2) is 5.65. The van der Waals surface area contributed by atoms with Crippen molar-refractivity contribution >= 4 is 11.6 Å². The van der Waals surface area contributed by atoms with Crippen LogP contribution in [0, 0.1) is 11.3 Å². The quantitative estimate of drug-likeness (QED) is 0.769. The van der Waals surface area contributed by atoms with Crippen LogP contribution in [0.3, 0.4) is 0 Å². The Bertz CT molecular complexity index is 580. The minimum atomic E-state index is 0.542. The van der Waals surface area contributed by atoms with Crippen molar-refractivity contribution in [1.29, 1.82) is 5.26 Å². The van der Waals surface area contributed by atoms with E-state index in [4.69, 9.17) is 10.00 Å². The predicted octanol–water partition coefficient (Wildman–Crippen LogP) is 3.15. The van der Waals surface area contributed by atoms with Gasteiger partial charge >= 0.3 is 0 Å². The van der Waals surface area contributed by atoms with E-state index in [-0.39, 0.29) is 0 Å². The van der Waals surface area contributed by atoms with Gasteiger partial charge in [-0.3, -0.25) is 4.98 Å². The van der Waals surface area contributed by atoms with Gasteiger partial charge in [-0.2, -0.15) is 5.26 Å². The van der Waals surface area contributed by atoms with Crippen LogP contribution in [-0.2, 0) is 0 Å². The van der Waals surface area contributed by atoms with Crippen molar-refractivity contribution in [3.63, 3.8) is 0 Å². The highest BCUT2D eigenvalue weighted by Gasteiger charge is 2.01. The van der Waals surface area contributed by atoms with Gasteiger partial charge in [-0.1, -0.05) is 18.2 Å². The molecule has 1 heterocycles. The van der Waals surface area contributed by atoms with Gasteiger partial charge in [-0.15, -0.1) is 0 Å². The smallest absolute Gasteiger partial charge is 0.118 e. The summed E-state index contributed by atoms with van der Waals surface area (Å²) in [6.07, 6.45) is 3.48. The fraction of sp³-hybridized carbons (Fsp3) is 0.0667. The number of aromatic nitrogens is 1. The van der Waals surface area contributed by atoms with Gasteiger partial charge in [-0.25, -0.2) is 0 Å². The molecule has 3 nitrogen and oxygen atoms in total. The summed E-state index contributed by atoms with van der Waals surface area (Å²) >= 11 is 0. The molecular formula is C15H12N2O. The van der Waals surface area contributed by atoms with Gasteiger partial charge < -0.3 is 4.74 Å². The molecule has 0 saturated heterocycles. The Labute approximate surface area is 106 Å². The fourth-order valence-electron chi connectivity index (χ4n) is 1.55. The molecule has 0 spiro atoms. The minimum Gasteiger partial charge on any atom is -0.497 e. The van der Waals surface area contributed by atoms with Crippen LogP contribution in [0.1, 0.15) is 11.3 Å². The molecule has 0 amide bonds. The number of hydrogen-bond donors (Lipinski definition) is 0. The zero-order chi connectivity index (χ0) is 12.8. The Morgan fingerprint density at radius 3 is 2.56 bits per heavy atom. The van der Waals surface area contributed by atoms with Gasteiger partial charge in [0.05, 0.1) is 18.4 Å². The number of methoxy groups -OCH3 is 1. The average Bonchev–Trinajstić information content (AvgIpc) is 2.46. The highest BCUT2D eigenvalue weighted by atomic mass is 16.5. The Morgan fingerprint density at radius 2 is 2.00 bits per heavy atom. The maximum absolute atomic E-state index is 9.16. The van der Waals surface area contributed by atoms with Gasteiger partial charge in [0, 0.05) is 6.20 Å². The molecule has 1 aromatic carbocycles. The molecule has 0 bridgehead atoms. The highest BCUT2D eigenvalue weighted by molar-refractivity contribution is 5.88. The van der Waals surface area contributed by atoms with E-state index in [0.717, 1.165) is 11.3 Å². The Kier molecular flexibility index (Phi) is 3.72. The first-order chi connectivity index (χ1) is 8.83. The topological polar surface area (TPSA) is 45.9 Å². The zero-order valence-corrected chi connectivity index (χ0v) is 10.00. The summed E-state index contributed by atoms with van der Waals surface area (Å²) in [6, 6.07) is 15.2. The maximum atomic E-state index is 9.16. The van der Waals surface area contributed by atoms with E-state index in [9.17, 15) is 0 Å². The molecule has 0 aliphatic rings. The molecule has 0 aliphatic heterocycles. The van der Waals surface area contributed by atoms with Gasteiger partial charge in [0.1, 0.15) is 11.8 Å². The monoisotopic (exact) mass is 236 g/mol. The van der Waals surface area contributed by atoms with Gasteiger partial charge in [0.2, 0.25) is 0 Å². The van der Waals surface area contributed by atoms with Gasteiger partial charge in [0.15, 0.2) is 0 Å². The van der Waals surface area contributed by atoms with Crippen molar-refractivity contribution in [2.45, 2.75) is 0 Å². The molecular weight excluding hydrogens is 224 g/mol. The molecule has 0 saturated carbocycles. The number of rotatable bonds is 3. The van der Waals surface area contributed by atoms with E-state index in [2.05, 4.69) is 11.1 Å². The third-order valence-corrected chi connectivity index (χ3v) is 2.49. The first-order valence-corrected chi connectivity index (χ1v) is 5.51. The zero-order valence-electron chi connectivity index (χ0n) is 10.00. The van der Waals surface area contributed by atoms with Crippen molar-refractivity contribution in [2.24, 2.45) is 0 Å². The summed E-state index contributed by atoms with van der Waals surface area (Å²) in [7, 11) is 1.62. The second-order valence-corrected chi connectivity index (χ2v) is 3.66. The molecule has 88 valence electrons. The summed E-state index contributed by atoms with van der Waals surface area (Å²) in [5.74, 6) is 0.795. The molecule has 0 fully saturated rings. The summed E-state index contributed by atoms with van der Waals surface area (Å²) in [5, 5.41) is 9.16. The van der Waals surface area contributed by atoms with Crippen LogP contribution in [-0.4, -0.2) is 12.1 Å². The fourth-order valence-corrected chi connectivity index (χ4v) is 1.55. The van der Waals surface area contributed by atoms with Crippen LogP contribution in [0.25, 0.3) is 11.6 Å². The molecule has 1 aromatic heterocycles. The predicted molar refractivity (Wildman–Crippen MR) is 70.7 cm³/mol. The van der Waals surface area contributed by atoms with Crippen LogP contribution >= 0.6 is 0 Å². The molecule has 0 aliphatic carbocycles. The van der Waals surface area contributed by atoms with Crippen LogP contribution < -0.4 is 4.74 Å². The number of hydrogen-bond acceptors (Lipinski definition) is 3. The van der Waals surface area contributed by atoms with E-state index in [1.807, 2.05) is 48.5 Å². The molecule has 0 unspecified atom stereocenters. The number of pyridine rings is 1. The number of benzene rings is 1. The normalized spacial score (nSPS) is 10.8. The van der Waals surface area contributed by atoms with E-state index in [1.54, 1.807) is 13.3 Å². The molecule has 0 N–H and O–H groups in total.